The maximum atomic E-state index is 6.03. The summed E-state index contributed by atoms with van der Waals surface area (Å²) in [5, 5.41) is 3.41. The number of anilines is 1. The Balaban J connectivity index is 1.72. The van der Waals surface area contributed by atoms with Gasteiger partial charge in [-0.25, -0.2) is 0 Å². The largest absolute Gasteiger partial charge is 0.489 e. The number of nitrogen functional groups attached to an aromatic ring is 1. The van der Waals surface area contributed by atoms with E-state index in [4.69, 9.17) is 10.5 Å². The van der Waals surface area contributed by atoms with Crippen LogP contribution < -0.4 is 15.8 Å². The monoisotopic (exact) mass is 299 g/mol. The second-order valence-electron chi connectivity index (χ2n) is 5.64. The van der Waals surface area contributed by atoms with Crippen molar-refractivity contribution in [2.45, 2.75) is 39.3 Å². The first-order chi connectivity index (χ1) is 10.6. The number of aromatic nitrogens is 1. The minimum atomic E-state index is 0.143. The van der Waals surface area contributed by atoms with Gasteiger partial charge in [0.1, 0.15) is 5.75 Å². The van der Waals surface area contributed by atoms with Crippen LogP contribution in [0.4, 0.5) is 5.69 Å². The molecule has 1 aromatic heterocycles. The number of ether oxygens (including phenoxy) is 1. The van der Waals surface area contributed by atoms with Crippen LogP contribution in [0.2, 0.25) is 0 Å². The molecule has 0 unspecified atom stereocenters. The molecule has 0 aliphatic heterocycles. The Morgan fingerprint density at radius 2 is 2.09 bits per heavy atom. The molecule has 2 aromatic rings. The highest BCUT2D eigenvalue weighted by Gasteiger charge is 2.04. The molecule has 0 atom stereocenters. The van der Waals surface area contributed by atoms with Crippen molar-refractivity contribution in [3.8, 4) is 5.75 Å². The van der Waals surface area contributed by atoms with Gasteiger partial charge in [0.25, 0.3) is 0 Å². The molecule has 1 aromatic carbocycles. The van der Waals surface area contributed by atoms with Crippen LogP contribution in [-0.2, 0) is 13.0 Å². The molecule has 4 heteroatoms. The molecule has 0 radical (unpaired) electrons. The van der Waals surface area contributed by atoms with Crippen LogP contribution in [0.25, 0.3) is 0 Å². The van der Waals surface area contributed by atoms with Crippen molar-refractivity contribution in [2.75, 3.05) is 12.3 Å². The number of pyridine rings is 1. The molecular weight excluding hydrogens is 274 g/mol. The van der Waals surface area contributed by atoms with Crippen LogP contribution in [0.15, 0.2) is 42.6 Å². The minimum Gasteiger partial charge on any atom is -0.489 e. The van der Waals surface area contributed by atoms with Crippen molar-refractivity contribution in [1.82, 2.24) is 10.3 Å². The molecule has 0 aliphatic rings. The normalized spacial score (nSPS) is 10.9. The van der Waals surface area contributed by atoms with E-state index in [0.29, 0.717) is 5.69 Å². The van der Waals surface area contributed by atoms with E-state index in [1.165, 1.54) is 5.56 Å². The summed E-state index contributed by atoms with van der Waals surface area (Å²) in [6, 6.07) is 12.0. The maximum Gasteiger partial charge on any atom is 0.142 e. The number of nitrogens with two attached hydrogens (primary N) is 1. The quantitative estimate of drug-likeness (QED) is 0.580. The minimum absolute atomic E-state index is 0.143. The van der Waals surface area contributed by atoms with E-state index in [1.807, 2.05) is 50.4 Å². The molecule has 0 saturated carbocycles. The van der Waals surface area contributed by atoms with Gasteiger partial charge in [-0.15, -0.1) is 0 Å². The van der Waals surface area contributed by atoms with Gasteiger partial charge in [-0.3, -0.25) is 4.98 Å². The van der Waals surface area contributed by atoms with Gasteiger partial charge in [0, 0.05) is 12.7 Å². The predicted molar refractivity (Wildman–Crippen MR) is 90.9 cm³/mol. The molecule has 3 N–H and O–H groups in total. The number of nitrogens with one attached hydrogen (secondary N) is 1. The fourth-order valence-electron chi connectivity index (χ4n) is 2.25. The molecule has 0 fully saturated rings. The van der Waals surface area contributed by atoms with E-state index in [-0.39, 0.29) is 6.10 Å². The van der Waals surface area contributed by atoms with Crippen molar-refractivity contribution in [1.29, 1.82) is 0 Å². The molecule has 118 valence electrons. The van der Waals surface area contributed by atoms with Crippen LogP contribution in [-0.4, -0.2) is 17.6 Å². The average molecular weight is 299 g/mol. The second kappa shape index (κ2) is 8.39. The number of nitrogens with zero attached hydrogens (tertiary/aromatic N) is 1. The van der Waals surface area contributed by atoms with Gasteiger partial charge < -0.3 is 15.8 Å². The van der Waals surface area contributed by atoms with Crippen LogP contribution in [0.3, 0.4) is 0 Å². The summed E-state index contributed by atoms with van der Waals surface area (Å²) in [7, 11) is 0. The Morgan fingerprint density at radius 1 is 1.23 bits per heavy atom. The third kappa shape index (κ3) is 5.37. The zero-order chi connectivity index (χ0) is 15.8. The van der Waals surface area contributed by atoms with Crippen molar-refractivity contribution in [2.24, 2.45) is 0 Å². The molecule has 0 bridgehead atoms. The Morgan fingerprint density at radius 3 is 2.77 bits per heavy atom. The summed E-state index contributed by atoms with van der Waals surface area (Å²) in [6.07, 6.45) is 4.03. The fraction of sp³-hybridized carbons (Fsp3) is 0.389. The fourth-order valence-corrected chi connectivity index (χ4v) is 2.25. The first-order valence-corrected chi connectivity index (χ1v) is 7.81. The van der Waals surface area contributed by atoms with E-state index >= 15 is 0 Å². The third-order valence-electron chi connectivity index (χ3n) is 3.29. The van der Waals surface area contributed by atoms with Gasteiger partial charge in [0.05, 0.1) is 17.5 Å². The van der Waals surface area contributed by atoms with Gasteiger partial charge in [-0.05, 0) is 63.1 Å². The summed E-state index contributed by atoms with van der Waals surface area (Å²) >= 11 is 0. The third-order valence-corrected chi connectivity index (χ3v) is 3.29. The number of benzene rings is 1. The van der Waals surface area contributed by atoms with Crippen molar-refractivity contribution in [3.63, 3.8) is 0 Å². The topological polar surface area (TPSA) is 60.2 Å². The Labute approximate surface area is 132 Å². The van der Waals surface area contributed by atoms with Gasteiger partial charge in [0.15, 0.2) is 0 Å². The van der Waals surface area contributed by atoms with E-state index in [2.05, 4.69) is 16.4 Å². The van der Waals surface area contributed by atoms with E-state index in [9.17, 15) is 0 Å². The predicted octanol–water partition coefficient (Wildman–Crippen LogP) is 3.17. The number of aryl methyl sites for hydroxylation is 1. The van der Waals surface area contributed by atoms with Gasteiger partial charge in [-0.2, -0.15) is 0 Å². The second-order valence-corrected chi connectivity index (χ2v) is 5.64. The zero-order valence-electron chi connectivity index (χ0n) is 13.4. The van der Waals surface area contributed by atoms with Crippen molar-refractivity contribution in [3.05, 3.63) is 53.9 Å². The lowest BCUT2D eigenvalue weighted by atomic mass is 10.1. The lowest BCUT2D eigenvalue weighted by Gasteiger charge is -2.13. The van der Waals surface area contributed by atoms with E-state index in [0.717, 1.165) is 37.4 Å². The molecule has 0 aliphatic carbocycles. The van der Waals surface area contributed by atoms with Crippen LogP contribution in [0, 0.1) is 0 Å². The molecule has 0 saturated heterocycles. The molecular formula is C18H25N3O. The lowest BCUT2D eigenvalue weighted by Crippen LogP contribution is -2.16. The van der Waals surface area contributed by atoms with Gasteiger partial charge >= 0.3 is 0 Å². The van der Waals surface area contributed by atoms with Crippen molar-refractivity contribution < 1.29 is 4.74 Å². The summed E-state index contributed by atoms with van der Waals surface area (Å²) in [4.78, 5) is 4.29. The average Bonchev–Trinajstić information content (AvgIpc) is 2.50. The van der Waals surface area contributed by atoms with Crippen LogP contribution in [0.1, 0.15) is 31.5 Å². The van der Waals surface area contributed by atoms with Gasteiger partial charge in [0.2, 0.25) is 0 Å². The molecule has 1 heterocycles. The van der Waals surface area contributed by atoms with Gasteiger partial charge in [-0.1, -0.05) is 12.1 Å². The van der Waals surface area contributed by atoms with E-state index < -0.39 is 0 Å². The number of hydrogen-bond donors (Lipinski definition) is 2. The smallest absolute Gasteiger partial charge is 0.142 e. The number of rotatable bonds is 8. The highest BCUT2D eigenvalue weighted by atomic mass is 16.5. The molecule has 0 amide bonds. The summed E-state index contributed by atoms with van der Waals surface area (Å²) < 4.78 is 5.65. The first-order valence-electron chi connectivity index (χ1n) is 7.81. The molecule has 22 heavy (non-hydrogen) atoms. The highest BCUT2D eigenvalue weighted by molar-refractivity contribution is 5.54. The van der Waals surface area contributed by atoms with Crippen LogP contribution in [0.5, 0.6) is 5.75 Å². The maximum absolute atomic E-state index is 6.03. The summed E-state index contributed by atoms with van der Waals surface area (Å²) in [5.74, 6) is 0.770. The molecule has 4 nitrogen and oxygen atoms in total. The zero-order valence-corrected chi connectivity index (χ0v) is 13.4. The standard InChI is InChI=1S/C18H25N3O/c1-14(2)22-18-9-8-15(12-17(18)19)6-5-10-20-13-16-7-3-4-11-21-16/h3-4,7-9,11-12,14,20H,5-6,10,13,19H2,1-2H3. The summed E-state index contributed by atoms with van der Waals surface area (Å²) in [5.41, 5.74) is 9.06. The van der Waals surface area contributed by atoms with E-state index in [1.54, 1.807) is 0 Å². The Kier molecular flexibility index (Phi) is 6.22. The Bertz CT molecular complexity index is 570. The number of hydrogen-bond acceptors (Lipinski definition) is 4. The Hall–Kier alpha value is -2.07. The van der Waals surface area contributed by atoms with Crippen molar-refractivity contribution >= 4 is 5.69 Å². The first kappa shape index (κ1) is 16.3. The molecule has 0 spiro atoms. The SMILES string of the molecule is CC(C)Oc1ccc(CCCNCc2ccccn2)cc1N. The van der Waals surface area contributed by atoms with Crippen LogP contribution >= 0.6 is 0 Å². The summed E-state index contributed by atoms with van der Waals surface area (Å²) in [6.45, 7) is 5.77. The molecule has 2 rings (SSSR count). The lowest BCUT2D eigenvalue weighted by molar-refractivity contribution is 0.244. The highest BCUT2D eigenvalue weighted by Crippen LogP contribution is 2.24.